The highest BCUT2D eigenvalue weighted by molar-refractivity contribution is 5.94. The standard InChI is InChI=1S/C21H18N2O2/c1-22-19-12-8-17(9-13-19)5-3-2-4-16-6-10-18(11-7-16)21(25)23-14-20(24)15-23/h6-13,20,22,24H,14-15H2,1H3. The van der Waals surface area contributed by atoms with Gasteiger partial charge in [0.2, 0.25) is 0 Å². The van der Waals surface area contributed by atoms with Crippen molar-refractivity contribution in [3.8, 4) is 23.7 Å². The highest BCUT2D eigenvalue weighted by atomic mass is 16.3. The van der Waals surface area contributed by atoms with E-state index in [1.165, 1.54) is 0 Å². The summed E-state index contributed by atoms with van der Waals surface area (Å²) < 4.78 is 0. The smallest absolute Gasteiger partial charge is 0.254 e. The summed E-state index contributed by atoms with van der Waals surface area (Å²) in [4.78, 5) is 13.7. The second kappa shape index (κ2) is 7.57. The summed E-state index contributed by atoms with van der Waals surface area (Å²) in [5, 5.41) is 12.3. The Morgan fingerprint density at radius 1 is 1.00 bits per heavy atom. The fraction of sp³-hybridized carbons (Fsp3) is 0.190. The molecule has 2 aromatic rings. The molecule has 0 saturated carbocycles. The van der Waals surface area contributed by atoms with Gasteiger partial charge in [-0.25, -0.2) is 0 Å². The molecule has 25 heavy (non-hydrogen) atoms. The summed E-state index contributed by atoms with van der Waals surface area (Å²) in [7, 11) is 1.87. The first kappa shape index (κ1) is 16.6. The van der Waals surface area contributed by atoms with Crippen LogP contribution in [0.3, 0.4) is 0 Å². The van der Waals surface area contributed by atoms with Crippen molar-refractivity contribution in [2.24, 2.45) is 0 Å². The van der Waals surface area contributed by atoms with Crippen molar-refractivity contribution in [1.82, 2.24) is 4.90 Å². The fourth-order valence-electron chi connectivity index (χ4n) is 2.43. The first-order valence-electron chi connectivity index (χ1n) is 8.03. The van der Waals surface area contributed by atoms with Gasteiger partial charge in [0.25, 0.3) is 5.91 Å². The Morgan fingerprint density at radius 3 is 2.00 bits per heavy atom. The highest BCUT2D eigenvalue weighted by Gasteiger charge is 2.29. The Hall–Kier alpha value is -3.21. The number of aliphatic hydroxyl groups is 1. The van der Waals surface area contributed by atoms with Crippen LogP contribution in [0.5, 0.6) is 0 Å². The highest BCUT2D eigenvalue weighted by Crippen LogP contribution is 2.13. The molecule has 2 N–H and O–H groups in total. The summed E-state index contributed by atoms with van der Waals surface area (Å²) in [5.74, 6) is 11.6. The molecule has 0 atom stereocenters. The van der Waals surface area contributed by atoms with Crippen LogP contribution in [0.2, 0.25) is 0 Å². The molecule has 1 aliphatic rings. The Balaban J connectivity index is 1.61. The molecule has 124 valence electrons. The number of rotatable bonds is 2. The molecule has 1 fully saturated rings. The molecule has 2 aromatic carbocycles. The lowest BCUT2D eigenvalue weighted by atomic mass is 10.1. The van der Waals surface area contributed by atoms with E-state index in [0.29, 0.717) is 18.7 Å². The van der Waals surface area contributed by atoms with Crippen LogP contribution in [-0.4, -0.2) is 42.2 Å². The van der Waals surface area contributed by atoms with Crippen LogP contribution in [-0.2, 0) is 0 Å². The molecule has 1 aliphatic heterocycles. The molecule has 4 nitrogen and oxygen atoms in total. The van der Waals surface area contributed by atoms with E-state index in [2.05, 4.69) is 29.0 Å². The number of nitrogens with one attached hydrogen (secondary N) is 1. The van der Waals surface area contributed by atoms with Crippen molar-refractivity contribution in [3.05, 3.63) is 65.2 Å². The van der Waals surface area contributed by atoms with E-state index >= 15 is 0 Å². The number of amides is 1. The van der Waals surface area contributed by atoms with Gasteiger partial charge in [-0.15, -0.1) is 0 Å². The van der Waals surface area contributed by atoms with Crippen molar-refractivity contribution in [2.45, 2.75) is 6.10 Å². The van der Waals surface area contributed by atoms with Crippen molar-refractivity contribution in [1.29, 1.82) is 0 Å². The molecule has 1 saturated heterocycles. The quantitative estimate of drug-likeness (QED) is 0.828. The van der Waals surface area contributed by atoms with E-state index in [-0.39, 0.29) is 12.0 Å². The zero-order valence-corrected chi connectivity index (χ0v) is 13.9. The number of benzene rings is 2. The van der Waals surface area contributed by atoms with Gasteiger partial charge in [0.05, 0.1) is 6.10 Å². The van der Waals surface area contributed by atoms with Crippen LogP contribution in [0.1, 0.15) is 21.5 Å². The third kappa shape index (κ3) is 4.20. The van der Waals surface area contributed by atoms with Crippen LogP contribution in [0, 0.1) is 23.7 Å². The minimum Gasteiger partial charge on any atom is -0.389 e. The molecule has 1 heterocycles. The van der Waals surface area contributed by atoms with E-state index in [0.717, 1.165) is 16.8 Å². The lowest BCUT2D eigenvalue weighted by molar-refractivity contribution is 0.00589. The average Bonchev–Trinajstić information content (AvgIpc) is 2.63. The lowest BCUT2D eigenvalue weighted by Gasteiger charge is -2.35. The summed E-state index contributed by atoms with van der Waals surface area (Å²) in [6.45, 7) is 0.816. The second-order valence-corrected chi connectivity index (χ2v) is 5.77. The molecule has 0 aliphatic carbocycles. The molecule has 0 aromatic heterocycles. The van der Waals surface area contributed by atoms with Gasteiger partial charge in [-0.05, 0) is 60.4 Å². The molecule has 0 spiro atoms. The number of hydrogen-bond acceptors (Lipinski definition) is 3. The largest absolute Gasteiger partial charge is 0.389 e. The van der Waals surface area contributed by atoms with Crippen LogP contribution < -0.4 is 5.32 Å². The van der Waals surface area contributed by atoms with Crippen LogP contribution in [0.25, 0.3) is 0 Å². The minimum absolute atomic E-state index is 0.0605. The van der Waals surface area contributed by atoms with Gasteiger partial charge in [0.1, 0.15) is 0 Å². The summed E-state index contributed by atoms with van der Waals surface area (Å²) in [6.07, 6.45) is -0.387. The zero-order chi connectivity index (χ0) is 17.6. The van der Waals surface area contributed by atoms with Crippen LogP contribution >= 0.6 is 0 Å². The number of carbonyl (C=O) groups excluding carboxylic acids is 1. The molecule has 3 rings (SSSR count). The van der Waals surface area contributed by atoms with Gasteiger partial charge in [-0.2, -0.15) is 0 Å². The van der Waals surface area contributed by atoms with E-state index in [1.807, 2.05) is 31.3 Å². The maximum atomic E-state index is 12.1. The van der Waals surface area contributed by atoms with Crippen molar-refractivity contribution < 1.29 is 9.90 Å². The maximum Gasteiger partial charge on any atom is 0.254 e. The Morgan fingerprint density at radius 2 is 1.52 bits per heavy atom. The van der Waals surface area contributed by atoms with Crippen LogP contribution in [0.4, 0.5) is 5.69 Å². The summed E-state index contributed by atoms with van der Waals surface area (Å²) in [6, 6.07) is 14.9. The molecular formula is C21H18N2O2. The van der Waals surface area contributed by atoms with E-state index in [1.54, 1.807) is 29.2 Å². The monoisotopic (exact) mass is 330 g/mol. The maximum absolute atomic E-state index is 12.1. The van der Waals surface area contributed by atoms with Gasteiger partial charge in [-0.1, -0.05) is 11.8 Å². The van der Waals surface area contributed by atoms with Crippen LogP contribution in [0.15, 0.2) is 48.5 Å². The minimum atomic E-state index is -0.387. The molecule has 1 amide bonds. The summed E-state index contributed by atoms with van der Waals surface area (Å²) >= 11 is 0. The van der Waals surface area contributed by atoms with Gasteiger partial charge < -0.3 is 15.3 Å². The number of likely N-dealkylation sites (tertiary alicyclic amines) is 1. The molecule has 0 bridgehead atoms. The number of hydrogen-bond donors (Lipinski definition) is 2. The fourth-order valence-corrected chi connectivity index (χ4v) is 2.43. The van der Waals surface area contributed by atoms with Gasteiger partial charge >= 0.3 is 0 Å². The number of carbonyl (C=O) groups is 1. The molecule has 4 heteroatoms. The van der Waals surface area contributed by atoms with Crippen molar-refractivity contribution >= 4 is 11.6 Å². The average molecular weight is 330 g/mol. The lowest BCUT2D eigenvalue weighted by Crippen LogP contribution is -2.53. The first-order valence-corrected chi connectivity index (χ1v) is 8.03. The number of anilines is 1. The molecule has 0 radical (unpaired) electrons. The predicted octanol–water partition coefficient (Wildman–Crippen LogP) is 1.95. The Bertz CT molecular complexity index is 872. The number of β-amino-alcohol motifs (C(OH)–C–C–N with tert-alkyl or cyclic N) is 1. The third-order valence-corrected chi connectivity index (χ3v) is 3.93. The third-order valence-electron chi connectivity index (χ3n) is 3.93. The second-order valence-electron chi connectivity index (χ2n) is 5.77. The number of aliphatic hydroxyl groups excluding tert-OH is 1. The number of nitrogens with zero attached hydrogens (tertiary/aromatic N) is 1. The van der Waals surface area contributed by atoms with Crippen molar-refractivity contribution in [2.75, 3.05) is 25.5 Å². The Labute approximate surface area is 147 Å². The van der Waals surface area contributed by atoms with Gasteiger partial charge in [0, 0.05) is 42.5 Å². The zero-order valence-electron chi connectivity index (χ0n) is 13.9. The van der Waals surface area contributed by atoms with E-state index < -0.39 is 0 Å². The Kier molecular flexibility index (Phi) is 5.04. The first-order chi connectivity index (χ1) is 12.2. The molecule has 0 unspecified atom stereocenters. The van der Waals surface area contributed by atoms with Crippen molar-refractivity contribution in [3.63, 3.8) is 0 Å². The summed E-state index contributed by atoms with van der Waals surface area (Å²) in [5.41, 5.74) is 3.36. The predicted molar refractivity (Wildman–Crippen MR) is 98.1 cm³/mol. The molecular weight excluding hydrogens is 312 g/mol. The normalized spacial score (nSPS) is 13.0. The van der Waals surface area contributed by atoms with E-state index in [4.69, 9.17) is 0 Å². The topological polar surface area (TPSA) is 52.6 Å². The SMILES string of the molecule is CNc1ccc(C#CC#Cc2ccc(C(=O)N3CC(O)C3)cc2)cc1. The van der Waals surface area contributed by atoms with Gasteiger partial charge in [-0.3, -0.25) is 4.79 Å². The van der Waals surface area contributed by atoms with E-state index in [9.17, 15) is 9.90 Å². The van der Waals surface area contributed by atoms with Gasteiger partial charge in [0.15, 0.2) is 0 Å².